The van der Waals surface area contributed by atoms with Crippen molar-refractivity contribution in [2.24, 2.45) is 11.8 Å². The molecule has 0 aromatic rings. The quantitative estimate of drug-likeness (QED) is 0.643. The molecule has 1 aliphatic carbocycles. The van der Waals surface area contributed by atoms with Gasteiger partial charge < -0.3 is 9.47 Å². The van der Waals surface area contributed by atoms with Gasteiger partial charge in [-0.15, -0.1) is 0 Å². The maximum absolute atomic E-state index is 11.9. The number of carbonyl (C=O) groups is 2. The van der Waals surface area contributed by atoms with Crippen LogP contribution in [0.4, 0.5) is 0 Å². The normalized spacial score (nSPS) is 26.5. The van der Waals surface area contributed by atoms with Gasteiger partial charge in [-0.2, -0.15) is 0 Å². The van der Waals surface area contributed by atoms with E-state index in [1.807, 2.05) is 0 Å². The smallest absolute Gasteiger partial charge is 0.310 e. The first kappa shape index (κ1) is 14.9. The molecule has 0 aromatic carbocycles. The lowest BCUT2D eigenvalue weighted by Gasteiger charge is -2.01. The maximum atomic E-state index is 11.9. The summed E-state index contributed by atoms with van der Waals surface area (Å²) in [6, 6.07) is 0. The van der Waals surface area contributed by atoms with E-state index in [9.17, 15) is 18.0 Å². The van der Waals surface area contributed by atoms with E-state index < -0.39 is 38.9 Å². The van der Waals surface area contributed by atoms with Crippen LogP contribution in [0, 0.1) is 11.8 Å². The van der Waals surface area contributed by atoms with Crippen molar-refractivity contribution >= 4 is 21.8 Å². The van der Waals surface area contributed by atoms with Crippen LogP contribution >= 0.6 is 0 Å². The van der Waals surface area contributed by atoms with Gasteiger partial charge in [-0.3, -0.25) is 9.59 Å². The Bertz CT molecular complexity index is 427. The molecule has 7 heteroatoms. The fraction of sp³-hybridized carbons (Fsp3) is 0.818. The van der Waals surface area contributed by atoms with Crippen molar-refractivity contribution in [2.45, 2.75) is 25.0 Å². The highest BCUT2D eigenvalue weighted by Crippen LogP contribution is 2.48. The first-order valence-corrected chi connectivity index (χ1v) is 7.46. The minimum atomic E-state index is -3.35. The fourth-order valence-electron chi connectivity index (χ4n) is 2.22. The molecule has 3 atom stereocenters. The van der Waals surface area contributed by atoms with E-state index in [4.69, 9.17) is 0 Å². The number of hydrogen-bond acceptors (Lipinski definition) is 6. The molecule has 0 aliphatic heterocycles. The molecule has 0 saturated heterocycles. The number of esters is 2. The molecule has 1 fully saturated rings. The topological polar surface area (TPSA) is 86.7 Å². The van der Waals surface area contributed by atoms with Crippen LogP contribution in [0.2, 0.25) is 0 Å². The van der Waals surface area contributed by atoms with Gasteiger partial charge in [-0.25, -0.2) is 8.42 Å². The van der Waals surface area contributed by atoms with Crippen LogP contribution in [-0.2, 0) is 28.9 Å². The first-order valence-electron chi connectivity index (χ1n) is 5.75. The Morgan fingerprint density at radius 3 is 2.22 bits per heavy atom. The summed E-state index contributed by atoms with van der Waals surface area (Å²) in [5.74, 6) is -2.31. The molecule has 3 unspecified atom stereocenters. The highest BCUT2D eigenvalue weighted by atomic mass is 32.2. The summed E-state index contributed by atoms with van der Waals surface area (Å²) in [6.07, 6.45) is 0.418. The van der Waals surface area contributed by atoms with Gasteiger partial charge in [0.2, 0.25) is 0 Å². The Morgan fingerprint density at radius 1 is 1.17 bits per heavy atom. The number of ether oxygens (including phenoxy) is 2. The number of rotatable bonds is 6. The predicted octanol–water partition coefficient (Wildman–Crippen LogP) is 0.162. The van der Waals surface area contributed by atoms with Crippen LogP contribution < -0.4 is 0 Å². The minimum absolute atomic E-state index is 0.0167. The van der Waals surface area contributed by atoms with E-state index in [0.29, 0.717) is 6.42 Å². The van der Waals surface area contributed by atoms with E-state index in [0.717, 1.165) is 0 Å². The summed E-state index contributed by atoms with van der Waals surface area (Å²) in [7, 11) is -0.916. The molecule has 6 nitrogen and oxygen atoms in total. The van der Waals surface area contributed by atoms with Gasteiger partial charge in [-0.1, -0.05) is 6.92 Å². The van der Waals surface area contributed by atoms with Gasteiger partial charge in [0, 0.05) is 5.92 Å². The van der Waals surface area contributed by atoms with Gasteiger partial charge in [0.25, 0.3) is 0 Å². The number of hydrogen-bond donors (Lipinski definition) is 0. The molecule has 0 spiro atoms. The Labute approximate surface area is 107 Å². The fourth-order valence-corrected chi connectivity index (χ4v) is 4.52. The number of sulfone groups is 1. The zero-order chi connectivity index (χ0) is 13.9. The molecule has 0 amide bonds. The van der Waals surface area contributed by atoms with Crippen LogP contribution in [0.5, 0.6) is 0 Å². The average Bonchev–Trinajstić information content (AvgIpc) is 3.02. The Kier molecular flexibility index (Phi) is 4.72. The van der Waals surface area contributed by atoms with Crippen molar-refractivity contribution in [1.82, 2.24) is 0 Å². The third kappa shape index (κ3) is 3.01. The SMILES string of the molecule is CCCS(=O)(=O)C1C(CC(=O)OC)C1C(=O)OC. The molecule has 104 valence electrons. The van der Waals surface area contributed by atoms with Crippen molar-refractivity contribution in [2.75, 3.05) is 20.0 Å². The molecule has 1 saturated carbocycles. The summed E-state index contributed by atoms with van der Waals surface area (Å²) >= 11 is 0. The predicted molar refractivity (Wildman–Crippen MR) is 63.5 cm³/mol. The molecular formula is C11H18O6S. The molecule has 0 radical (unpaired) electrons. The molecular weight excluding hydrogens is 260 g/mol. The molecule has 0 heterocycles. The molecule has 1 rings (SSSR count). The first-order chi connectivity index (χ1) is 8.38. The van der Waals surface area contributed by atoms with Crippen molar-refractivity contribution in [3.05, 3.63) is 0 Å². The van der Waals surface area contributed by atoms with Crippen LogP contribution in [0.25, 0.3) is 0 Å². The van der Waals surface area contributed by atoms with E-state index in [1.54, 1.807) is 6.92 Å². The lowest BCUT2D eigenvalue weighted by molar-refractivity contribution is -0.143. The summed E-state index contributed by atoms with van der Waals surface area (Å²) < 4.78 is 33.0. The van der Waals surface area contributed by atoms with Crippen molar-refractivity contribution in [3.63, 3.8) is 0 Å². The average molecular weight is 278 g/mol. The van der Waals surface area contributed by atoms with E-state index in [1.165, 1.54) is 14.2 Å². The van der Waals surface area contributed by atoms with Crippen LogP contribution in [0.1, 0.15) is 19.8 Å². The van der Waals surface area contributed by atoms with Crippen molar-refractivity contribution < 1.29 is 27.5 Å². The van der Waals surface area contributed by atoms with Gasteiger partial charge in [0.05, 0.1) is 37.6 Å². The summed E-state index contributed by atoms with van der Waals surface area (Å²) in [5, 5.41) is -0.802. The zero-order valence-electron chi connectivity index (χ0n) is 10.7. The molecule has 0 aromatic heterocycles. The Hall–Kier alpha value is -1.11. The second-order valence-corrected chi connectivity index (χ2v) is 6.60. The largest absolute Gasteiger partial charge is 0.469 e. The summed E-state index contributed by atoms with van der Waals surface area (Å²) in [6.45, 7) is 1.75. The van der Waals surface area contributed by atoms with E-state index >= 15 is 0 Å². The highest BCUT2D eigenvalue weighted by molar-refractivity contribution is 7.92. The molecule has 0 bridgehead atoms. The summed E-state index contributed by atoms with van der Waals surface area (Å²) in [4.78, 5) is 22.7. The third-order valence-electron chi connectivity index (χ3n) is 3.10. The van der Waals surface area contributed by atoms with Crippen LogP contribution in [0.15, 0.2) is 0 Å². The zero-order valence-corrected chi connectivity index (χ0v) is 11.5. The van der Waals surface area contributed by atoms with Gasteiger partial charge in [-0.05, 0) is 6.42 Å². The van der Waals surface area contributed by atoms with Gasteiger partial charge in [0.15, 0.2) is 9.84 Å². The van der Waals surface area contributed by atoms with Crippen LogP contribution in [-0.4, -0.2) is 45.6 Å². The molecule has 0 N–H and O–H groups in total. The monoisotopic (exact) mass is 278 g/mol. The van der Waals surface area contributed by atoms with Crippen LogP contribution in [0.3, 0.4) is 0 Å². The Morgan fingerprint density at radius 2 is 1.78 bits per heavy atom. The van der Waals surface area contributed by atoms with Gasteiger partial charge >= 0.3 is 11.9 Å². The number of methoxy groups -OCH3 is 2. The van der Waals surface area contributed by atoms with Gasteiger partial charge in [0.1, 0.15) is 0 Å². The lowest BCUT2D eigenvalue weighted by atomic mass is 10.2. The second-order valence-electron chi connectivity index (χ2n) is 4.32. The second kappa shape index (κ2) is 5.69. The lowest BCUT2D eigenvalue weighted by Crippen LogP contribution is -2.17. The third-order valence-corrected chi connectivity index (χ3v) is 5.55. The standard InChI is InChI=1S/C11H18O6S/c1-4-5-18(14,15)10-7(6-8(12)16-2)9(10)11(13)17-3/h7,9-10H,4-6H2,1-3H3. The van der Waals surface area contributed by atoms with Crippen molar-refractivity contribution in [3.8, 4) is 0 Å². The number of carbonyl (C=O) groups excluding carboxylic acids is 2. The maximum Gasteiger partial charge on any atom is 0.310 e. The Balaban J connectivity index is 2.82. The van der Waals surface area contributed by atoms with E-state index in [2.05, 4.69) is 9.47 Å². The highest BCUT2D eigenvalue weighted by Gasteiger charge is 2.62. The van der Waals surface area contributed by atoms with E-state index in [-0.39, 0.29) is 12.2 Å². The minimum Gasteiger partial charge on any atom is -0.469 e. The molecule has 18 heavy (non-hydrogen) atoms. The molecule has 1 aliphatic rings. The van der Waals surface area contributed by atoms with Crippen molar-refractivity contribution in [1.29, 1.82) is 0 Å². The summed E-state index contributed by atoms with van der Waals surface area (Å²) in [5.41, 5.74) is 0.